The van der Waals surface area contributed by atoms with E-state index in [1.165, 1.54) is 11.1 Å². The van der Waals surface area contributed by atoms with E-state index in [1.54, 1.807) is 14.2 Å². The highest BCUT2D eigenvalue weighted by molar-refractivity contribution is 5.80. The maximum Gasteiger partial charge on any atom is 0.227 e. The molecule has 1 aliphatic carbocycles. The number of nitrogens with one attached hydrogen (secondary N) is 1. The fourth-order valence-corrected chi connectivity index (χ4v) is 3.77. The van der Waals surface area contributed by atoms with E-state index >= 15 is 0 Å². The molecule has 3 rings (SSSR count). The fraction of sp³-hybridized carbons (Fsp3) is 0.667. The standard InChI is InChI=1S/C21H32N2O3/c1-25-10-4-5-16-11-17(13-20(12-16)26-2)15-23(19-7-8-19)21(24)18-6-3-9-22-14-18/h11-13,18-19,22H,3-10,14-15H2,1-2H3/t18-/m1/s1. The molecule has 2 aliphatic rings. The minimum atomic E-state index is 0.135. The molecule has 1 saturated heterocycles. The molecule has 1 saturated carbocycles. The van der Waals surface area contributed by atoms with Gasteiger partial charge in [0.1, 0.15) is 5.75 Å². The Hall–Kier alpha value is -1.59. The van der Waals surface area contributed by atoms with Crippen LogP contribution in [0.3, 0.4) is 0 Å². The van der Waals surface area contributed by atoms with E-state index in [4.69, 9.17) is 9.47 Å². The summed E-state index contributed by atoms with van der Waals surface area (Å²) in [5.74, 6) is 1.33. The van der Waals surface area contributed by atoms with Crippen molar-refractivity contribution in [2.24, 2.45) is 5.92 Å². The van der Waals surface area contributed by atoms with E-state index in [2.05, 4.69) is 28.4 Å². The Balaban J connectivity index is 1.71. The van der Waals surface area contributed by atoms with Gasteiger partial charge in [0.25, 0.3) is 0 Å². The van der Waals surface area contributed by atoms with Crippen LogP contribution in [0.15, 0.2) is 18.2 Å². The van der Waals surface area contributed by atoms with Crippen LogP contribution in [0, 0.1) is 5.92 Å². The summed E-state index contributed by atoms with van der Waals surface area (Å²) >= 11 is 0. The lowest BCUT2D eigenvalue weighted by Crippen LogP contribution is -2.43. The summed E-state index contributed by atoms with van der Waals surface area (Å²) in [7, 11) is 3.44. The summed E-state index contributed by atoms with van der Waals surface area (Å²) in [5, 5.41) is 3.37. The molecule has 1 aliphatic heterocycles. The van der Waals surface area contributed by atoms with Crippen molar-refractivity contribution in [1.29, 1.82) is 0 Å². The zero-order chi connectivity index (χ0) is 18.4. The van der Waals surface area contributed by atoms with Gasteiger partial charge in [-0.1, -0.05) is 6.07 Å². The van der Waals surface area contributed by atoms with E-state index in [9.17, 15) is 4.79 Å². The smallest absolute Gasteiger partial charge is 0.227 e. The minimum Gasteiger partial charge on any atom is -0.497 e. The number of nitrogens with zero attached hydrogens (tertiary/aromatic N) is 1. The van der Waals surface area contributed by atoms with Crippen LogP contribution in [0.4, 0.5) is 0 Å². The molecule has 26 heavy (non-hydrogen) atoms. The number of methoxy groups -OCH3 is 2. The number of carbonyl (C=O) groups excluding carboxylic acids is 1. The first kappa shape index (κ1) is 19.2. The van der Waals surface area contributed by atoms with Crippen molar-refractivity contribution in [3.8, 4) is 5.75 Å². The van der Waals surface area contributed by atoms with Crippen LogP contribution >= 0.6 is 0 Å². The molecule has 144 valence electrons. The number of ether oxygens (including phenoxy) is 2. The van der Waals surface area contributed by atoms with Crippen LogP contribution in [0.5, 0.6) is 5.75 Å². The SMILES string of the molecule is COCCCc1cc(CN(C(=O)[C@@H]2CCCNC2)C2CC2)cc(OC)c1. The van der Waals surface area contributed by atoms with Gasteiger partial charge in [-0.15, -0.1) is 0 Å². The topological polar surface area (TPSA) is 50.8 Å². The average molecular weight is 360 g/mol. The van der Waals surface area contributed by atoms with Crippen LogP contribution in [0.1, 0.15) is 43.2 Å². The minimum absolute atomic E-state index is 0.135. The summed E-state index contributed by atoms with van der Waals surface area (Å²) in [6.45, 7) is 3.30. The van der Waals surface area contributed by atoms with Crippen LogP contribution in [0.25, 0.3) is 0 Å². The Bertz CT molecular complexity index is 595. The molecule has 5 heteroatoms. The molecule has 1 atom stereocenters. The Morgan fingerprint density at radius 3 is 2.65 bits per heavy atom. The third kappa shape index (κ3) is 5.21. The molecule has 0 unspecified atom stereocenters. The van der Waals surface area contributed by atoms with E-state index in [-0.39, 0.29) is 5.92 Å². The normalized spacial score (nSPS) is 20.0. The molecular weight excluding hydrogens is 328 g/mol. The highest BCUT2D eigenvalue weighted by Gasteiger charge is 2.36. The van der Waals surface area contributed by atoms with Crippen molar-refractivity contribution < 1.29 is 14.3 Å². The van der Waals surface area contributed by atoms with E-state index in [0.29, 0.717) is 18.5 Å². The number of benzene rings is 1. The van der Waals surface area contributed by atoms with Gasteiger partial charge in [0, 0.05) is 32.8 Å². The number of hydrogen-bond acceptors (Lipinski definition) is 4. The van der Waals surface area contributed by atoms with Crippen molar-refractivity contribution in [2.45, 2.75) is 51.1 Å². The summed E-state index contributed by atoms with van der Waals surface area (Å²) in [6, 6.07) is 6.81. The van der Waals surface area contributed by atoms with E-state index in [1.807, 2.05) is 0 Å². The molecule has 0 bridgehead atoms. The van der Waals surface area contributed by atoms with Gasteiger partial charge in [-0.3, -0.25) is 4.79 Å². The monoisotopic (exact) mass is 360 g/mol. The summed E-state index contributed by atoms with van der Waals surface area (Å²) < 4.78 is 10.7. The zero-order valence-corrected chi connectivity index (χ0v) is 16.1. The lowest BCUT2D eigenvalue weighted by Gasteiger charge is -2.30. The van der Waals surface area contributed by atoms with E-state index in [0.717, 1.165) is 64.0 Å². The van der Waals surface area contributed by atoms with Crippen molar-refractivity contribution in [1.82, 2.24) is 10.2 Å². The quantitative estimate of drug-likeness (QED) is 0.688. The van der Waals surface area contributed by atoms with Crippen LogP contribution < -0.4 is 10.1 Å². The third-order valence-electron chi connectivity index (χ3n) is 5.35. The molecule has 1 aromatic carbocycles. The van der Waals surface area contributed by atoms with Crippen molar-refractivity contribution >= 4 is 5.91 Å². The number of hydrogen-bond donors (Lipinski definition) is 1. The molecule has 0 aromatic heterocycles. The molecule has 0 spiro atoms. The molecular formula is C21H32N2O3. The summed E-state index contributed by atoms with van der Waals surface area (Å²) in [4.78, 5) is 15.2. The zero-order valence-electron chi connectivity index (χ0n) is 16.1. The maximum atomic E-state index is 13.1. The number of aryl methyl sites for hydroxylation is 1. The van der Waals surface area contributed by atoms with Crippen molar-refractivity contribution in [3.05, 3.63) is 29.3 Å². The van der Waals surface area contributed by atoms with Gasteiger partial charge in [0.05, 0.1) is 13.0 Å². The second kappa shape index (κ2) is 9.38. The Labute approximate surface area is 157 Å². The third-order valence-corrected chi connectivity index (χ3v) is 5.35. The Kier molecular flexibility index (Phi) is 6.92. The first-order valence-electron chi connectivity index (χ1n) is 9.88. The van der Waals surface area contributed by atoms with E-state index < -0.39 is 0 Å². The number of piperidine rings is 1. The fourth-order valence-electron chi connectivity index (χ4n) is 3.77. The molecule has 0 radical (unpaired) electrons. The number of amides is 1. The molecule has 1 heterocycles. The number of carbonyl (C=O) groups is 1. The number of rotatable bonds is 9. The largest absolute Gasteiger partial charge is 0.497 e. The maximum absolute atomic E-state index is 13.1. The van der Waals surface area contributed by atoms with Crippen molar-refractivity contribution in [3.63, 3.8) is 0 Å². The molecule has 5 nitrogen and oxygen atoms in total. The van der Waals surface area contributed by atoms with Crippen LogP contribution in [-0.2, 0) is 22.5 Å². The molecule has 2 fully saturated rings. The van der Waals surface area contributed by atoms with Gasteiger partial charge in [0.15, 0.2) is 0 Å². The predicted molar refractivity (Wildman–Crippen MR) is 102 cm³/mol. The highest BCUT2D eigenvalue weighted by atomic mass is 16.5. The van der Waals surface area contributed by atoms with Crippen molar-refractivity contribution in [2.75, 3.05) is 33.9 Å². The average Bonchev–Trinajstić information content (AvgIpc) is 3.51. The predicted octanol–water partition coefficient (Wildman–Crippen LogP) is 2.76. The Morgan fingerprint density at radius 2 is 2.00 bits per heavy atom. The van der Waals surface area contributed by atoms with Gasteiger partial charge in [0.2, 0.25) is 5.91 Å². The van der Waals surface area contributed by atoms with Gasteiger partial charge in [-0.2, -0.15) is 0 Å². The lowest BCUT2D eigenvalue weighted by molar-refractivity contribution is -0.137. The Morgan fingerprint density at radius 1 is 1.19 bits per heavy atom. The summed E-state index contributed by atoms with van der Waals surface area (Å²) in [6.07, 6.45) is 6.32. The van der Waals surface area contributed by atoms with Gasteiger partial charge < -0.3 is 19.7 Å². The molecule has 1 N–H and O–H groups in total. The van der Waals surface area contributed by atoms with Crippen LogP contribution in [0.2, 0.25) is 0 Å². The van der Waals surface area contributed by atoms with Gasteiger partial charge >= 0.3 is 0 Å². The molecule has 1 amide bonds. The second-order valence-electron chi connectivity index (χ2n) is 7.53. The lowest BCUT2D eigenvalue weighted by atomic mass is 9.97. The van der Waals surface area contributed by atoms with Crippen LogP contribution in [-0.4, -0.2) is 50.8 Å². The second-order valence-corrected chi connectivity index (χ2v) is 7.53. The van der Waals surface area contributed by atoms with Gasteiger partial charge in [-0.05, 0) is 68.3 Å². The summed E-state index contributed by atoms with van der Waals surface area (Å²) in [5.41, 5.74) is 2.42. The van der Waals surface area contributed by atoms with Gasteiger partial charge in [-0.25, -0.2) is 0 Å². The first-order chi connectivity index (χ1) is 12.7. The first-order valence-corrected chi connectivity index (χ1v) is 9.88. The highest BCUT2D eigenvalue weighted by Crippen LogP contribution is 2.31. The molecule has 1 aromatic rings.